The maximum Gasteiger partial charge on any atom is 0.237 e. The summed E-state index contributed by atoms with van der Waals surface area (Å²) in [7, 11) is 1.63. The molecule has 1 aromatic carbocycles. The number of carbonyl (C=O) groups is 1. The summed E-state index contributed by atoms with van der Waals surface area (Å²) < 4.78 is 7.03. The number of halogens is 2. The normalized spacial score (nSPS) is 12.9. The second kappa shape index (κ2) is 7.61. The van der Waals surface area contributed by atoms with Crippen molar-refractivity contribution in [2.24, 2.45) is 0 Å². The molecule has 0 heterocycles. The van der Waals surface area contributed by atoms with E-state index in [1.807, 2.05) is 39.8 Å². The molecule has 0 saturated carbocycles. The monoisotopic (exact) mass is 420 g/mol. The smallest absolute Gasteiger partial charge is 0.237 e. The van der Waals surface area contributed by atoms with Gasteiger partial charge in [-0.15, -0.1) is 0 Å². The maximum absolute atomic E-state index is 12.0. The zero-order valence-corrected chi connectivity index (χ0v) is 16.2. The van der Waals surface area contributed by atoms with Crippen molar-refractivity contribution in [3.8, 4) is 5.75 Å². The van der Waals surface area contributed by atoms with Gasteiger partial charge in [0.2, 0.25) is 5.91 Å². The molecule has 0 aliphatic rings. The molecule has 0 saturated heterocycles. The minimum absolute atomic E-state index is 0.00542. The first kappa shape index (κ1) is 18.5. The van der Waals surface area contributed by atoms with E-state index in [0.29, 0.717) is 6.54 Å². The van der Waals surface area contributed by atoms with E-state index >= 15 is 0 Å². The van der Waals surface area contributed by atoms with E-state index in [-0.39, 0.29) is 17.5 Å². The number of hydrogen-bond acceptors (Lipinski definition) is 3. The summed E-state index contributed by atoms with van der Waals surface area (Å²) in [6.07, 6.45) is 0. The van der Waals surface area contributed by atoms with E-state index in [0.717, 1.165) is 20.3 Å². The number of hydrogen-bond donors (Lipinski definition) is 2. The Labute approximate surface area is 143 Å². The van der Waals surface area contributed by atoms with Crippen molar-refractivity contribution in [1.29, 1.82) is 0 Å². The fourth-order valence-corrected chi connectivity index (χ4v) is 3.36. The Bertz CT molecular complexity index is 490. The standard InChI is InChI=1S/C15H22Br2N2O2/c1-9(14(20)19-15(2,3)4)18-8-10-6-11(16)13(21-5)12(17)7-10/h6-7,9,18H,8H2,1-5H3,(H,19,20). The first-order valence-electron chi connectivity index (χ1n) is 6.71. The van der Waals surface area contributed by atoms with Gasteiger partial charge in [-0.25, -0.2) is 0 Å². The highest BCUT2D eigenvalue weighted by atomic mass is 79.9. The van der Waals surface area contributed by atoms with Gasteiger partial charge in [0.15, 0.2) is 0 Å². The van der Waals surface area contributed by atoms with Gasteiger partial charge in [-0.05, 0) is 77.3 Å². The second-order valence-corrected chi connectivity index (χ2v) is 7.64. The topological polar surface area (TPSA) is 50.4 Å². The number of methoxy groups -OCH3 is 1. The first-order valence-corrected chi connectivity index (χ1v) is 8.30. The number of ether oxygens (including phenoxy) is 1. The average molecular weight is 422 g/mol. The third-order valence-electron chi connectivity index (χ3n) is 2.77. The highest BCUT2D eigenvalue weighted by Crippen LogP contribution is 2.34. The van der Waals surface area contributed by atoms with Gasteiger partial charge in [0, 0.05) is 12.1 Å². The number of amides is 1. The summed E-state index contributed by atoms with van der Waals surface area (Å²) in [6.45, 7) is 8.36. The minimum Gasteiger partial charge on any atom is -0.494 e. The van der Waals surface area contributed by atoms with Crippen LogP contribution < -0.4 is 15.4 Å². The lowest BCUT2D eigenvalue weighted by atomic mass is 10.1. The van der Waals surface area contributed by atoms with Crippen molar-refractivity contribution in [2.45, 2.75) is 45.8 Å². The van der Waals surface area contributed by atoms with Crippen molar-refractivity contribution < 1.29 is 9.53 Å². The molecule has 6 heteroatoms. The van der Waals surface area contributed by atoms with Gasteiger partial charge < -0.3 is 15.4 Å². The van der Waals surface area contributed by atoms with Crippen LogP contribution >= 0.6 is 31.9 Å². The highest BCUT2D eigenvalue weighted by Gasteiger charge is 2.19. The zero-order valence-electron chi connectivity index (χ0n) is 13.0. The summed E-state index contributed by atoms with van der Waals surface area (Å²) in [6, 6.07) is 3.69. The molecule has 118 valence electrons. The first-order chi connectivity index (χ1) is 9.64. The molecule has 1 unspecified atom stereocenters. The van der Waals surface area contributed by atoms with Crippen molar-refractivity contribution >= 4 is 37.8 Å². The molecule has 0 fully saturated rings. The van der Waals surface area contributed by atoms with E-state index in [2.05, 4.69) is 42.5 Å². The highest BCUT2D eigenvalue weighted by molar-refractivity contribution is 9.11. The summed E-state index contributed by atoms with van der Waals surface area (Å²) in [5.74, 6) is 0.756. The minimum atomic E-state index is -0.260. The molecular weight excluding hydrogens is 400 g/mol. The molecule has 0 spiro atoms. The molecule has 0 bridgehead atoms. The molecule has 1 atom stereocenters. The van der Waals surface area contributed by atoms with Gasteiger partial charge in [0.25, 0.3) is 0 Å². The Kier molecular flexibility index (Phi) is 6.69. The van der Waals surface area contributed by atoms with Crippen LogP contribution in [0.15, 0.2) is 21.1 Å². The molecule has 0 aliphatic carbocycles. The average Bonchev–Trinajstić information content (AvgIpc) is 2.33. The molecule has 0 radical (unpaired) electrons. The molecule has 1 rings (SSSR count). The fraction of sp³-hybridized carbons (Fsp3) is 0.533. The molecule has 1 aromatic rings. The molecule has 1 amide bonds. The van der Waals surface area contributed by atoms with Gasteiger partial charge in [0.05, 0.1) is 22.1 Å². The van der Waals surface area contributed by atoms with Gasteiger partial charge in [0.1, 0.15) is 5.75 Å². The summed E-state index contributed by atoms with van der Waals surface area (Å²) >= 11 is 6.94. The van der Waals surface area contributed by atoms with Crippen LogP contribution in [0.1, 0.15) is 33.3 Å². The lowest BCUT2D eigenvalue weighted by Crippen LogP contribution is -2.49. The predicted molar refractivity (Wildman–Crippen MR) is 92.6 cm³/mol. The lowest BCUT2D eigenvalue weighted by molar-refractivity contribution is -0.124. The summed E-state index contributed by atoms with van der Waals surface area (Å²) in [5, 5.41) is 6.17. The van der Waals surface area contributed by atoms with E-state index < -0.39 is 0 Å². The van der Waals surface area contributed by atoms with E-state index in [4.69, 9.17) is 4.74 Å². The van der Waals surface area contributed by atoms with Gasteiger partial charge in [-0.3, -0.25) is 4.79 Å². The van der Waals surface area contributed by atoms with Gasteiger partial charge in [-0.2, -0.15) is 0 Å². The van der Waals surface area contributed by atoms with Crippen LogP contribution in [0.4, 0.5) is 0 Å². The molecule has 4 nitrogen and oxygen atoms in total. The van der Waals surface area contributed by atoms with Crippen LogP contribution in [0.5, 0.6) is 5.75 Å². The predicted octanol–water partition coefficient (Wildman–Crippen LogP) is 3.61. The molecule has 2 N–H and O–H groups in total. The fourth-order valence-electron chi connectivity index (χ4n) is 1.75. The third-order valence-corrected chi connectivity index (χ3v) is 3.94. The molecular formula is C15H22Br2N2O2. The SMILES string of the molecule is COc1c(Br)cc(CNC(C)C(=O)NC(C)(C)C)cc1Br. The summed E-state index contributed by atoms with van der Waals surface area (Å²) in [5.41, 5.74) is 0.837. The molecule has 21 heavy (non-hydrogen) atoms. The Morgan fingerprint density at radius 3 is 2.24 bits per heavy atom. The van der Waals surface area contributed by atoms with Crippen LogP contribution in [-0.4, -0.2) is 24.6 Å². The van der Waals surface area contributed by atoms with E-state index in [1.54, 1.807) is 7.11 Å². The largest absolute Gasteiger partial charge is 0.494 e. The number of benzene rings is 1. The second-order valence-electron chi connectivity index (χ2n) is 5.93. The Hall–Kier alpha value is -0.590. The van der Waals surface area contributed by atoms with Crippen molar-refractivity contribution in [1.82, 2.24) is 10.6 Å². The Balaban J connectivity index is 2.65. The van der Waals surface area contributed by atoms with Crippen LogP contribution in [-0.2, 0) is 11.3 Å². The number of rotatable bonds is 5. The van der Waals surface area contributed by atoms with Crippen LogP contribution in [0, 0.1) is 0 Å². The van der Waals surface area contributed by atoms with Crippen LogP contribution in [0.2, 0.25) is 0 Å². The quantitative estimate of drug-likeness (QED) is 0.763. The van der Waals surface area contributed by atoms with Gasteiger partial charge in [-0.1, -0.05) is 0 Å². The maximum atomic E-state index is 12.0. The van der Waals surface area contributed by atoms with Crippen molar-refractivity contribution in [3.63, 3.8) is 0 Å². The lowest BCUT2D eigenvalue weighted by Gasteiger charge is -2.23. The van der Waals surface area contributed by atoms with Crippen LogP contribution in [0.3, 0.4) is 0 Å². The Morgan fingerprint density at radius 2 is 1.81 bits per heavy atom. The summed E-state index contributed by atoms with van der Waals surface area (Å²) in [4.78, 5) is 12.0. The van der Waals surface area contributed by atoms with E-state index in [9.17, 15) is 4.79 Å². The van der Waals surface area contributed by atoms with E-state index in [1.165, 1.54) is 0 Å². The zero-order chi connectivity index (χ0) is 16.2. The molecule has 0 aliphatic heterocycles. The number of nitrogens with one attached hydrogen (secondary N) is 2. The third kappa shape index (κ3) is 5.96. The molecule has 0 aromatic heterocycles. The van der Waals surface area contributed by atoms with Crippen molar-refractivity contribution in [2.75, 3.05) is 7.11 Å². The number of carbonyl (C=O) groups excluding carboxylic acids is 1. The van der Waals surface area contributed by atoms with Gasteiger partial charge >= 0.3 is 0 Å². The van der Waals surface area contributed by atoms with Crippen molar-refractivity contribution in [3.05, 3.63) is 26.6 Å². The van der Waals surface area contributed by atoms with Crippen LogP contribution in [0.25, 0.3) is 0 Å². The Morgan fingerprint density at radius 1 is 1.29 bits per heavy atom.